The Morgan fingerprint density at radius 1 is 1.50 bits per heavy atom. The molecule has 0 aliphatic carbocycles. The van der Waals surface area contributed by atoms with Crippen LogP contribution in [0.15, 0.2) is 16.7 Å². The summed E-state index contributed by atoms with van der Waals surface area (Å²) in [6, 6.07) is 1.74. The van der Waals surface area contributed by atoms with Crippen molar-refractivity contribution >= 4 is 17.3 Å². The Hall–Kier alpha value is -1.66. The SMILES string of the molecule is Cc1ncc(CNCc2cc(C)c(C(=O)O)o2)s1. The van der Waals surface area contributed by atoms with E-state index < -0.39 is 5.97 Å². The molecule has 0 unspecified atom stereocenters. The van der Waals surface area contributed by atoms with Crippen molar-refractivity contribution < 1.29 is 14.3 Å². The lowest BCUT2D eigenvalue weighted by molar-refractivity contribution is 0.0659. The van der Waals surface area contributed by atoms with E-state index >= 15 is 0 Å². The van der Waals surface area contributed by atoms with Crippen molar-refractivity contribution in [2.24, 2.45) is 0 Å². The molecule has 0 atom stereocenters. The molecule has 0 aliphatic heterocycles. The second kappa shape index (κ2) is 5.32. The fourth-order valence-corrected chi connectivity index (χ4v) is 2.41. The molecule has 0 bridgehead atoms. The first-order valence-corrected chi connectivity index (χ1v) is 6.32. The second-order valence-electron chi connectivity index (χ2n) is 3.98. The average Bonchev–Trinajstić information content (AvgIpc) is 2.85. The lowest BCUT2D eigenvalue weighted by Gasteiger charge is -1.99. The summed E-state index contributed by atoms with van der Waals surface area (Å²) in [5.74, 6) is -0.386. The number of aromatic carboxylic acids is 1. The summed E-state index contributed by atoms with van der Waals surface area (Å²) in [5.41, 5.74) is 0.646. The predicted octanol–water partition coefficient (Wildman–Crippen LogP) is 2.34. The molecule has 2 aromatic heterocycles. The highest BCUT2D eigenvalue weighted by atomic mass is 32.1. The molecule has 96 valence electrons. The maximum atomic E-state index is 10.8. The first kappa shape index (κ1) is 12.8. The number of aromatic nitrogens is 1. The minimum atomic E-state index is -1.03. The third-order valence-corrected chi connectivity index (χ3v) is 3.34. The summed E-state index contributed by atoms with van der Waals surface area (Å²) in [6.45, 7) is 4.89. The second-order valence-corrected chi connectivity index (χ2v) is 5.30. The number of hydrogen-bond acceptors (Lipinski definition) is 5. The number of hydrogen-bond donors (Lipinski definition) is 2. The van der Waals surface area contributed by atoms with Gasteiger partial charge in [-0.1, -0.05) is 0 Å². The van der Waals surface area contributed by atoms with Crippen LogP contribution in [0.2, 0.25) is 0 Å². The van der Waals surface area contributed by atoms with Crippen LogP contribution in [0.25, 0.3) is 0 Å². The molecule has 2 aromatic rings. The highest BCUT2D eigenvalue weighted by Crippen LogP contribution is 2.15. The maximum Gasteiger partial charge on any atom is 0.372 e. The summed E-state index contributed by atoms with van der Waals surface area (Å²) in [6.07, 6.45) is 1.84. The molecule has 5 nitrogen and oxygen atoms in total. The third kappa shape index (κ3) is 2.96. The molecule has 0 aromatic carbocycles. The van der Waals surface area contributed by atoms with Crippen LogP contribution in [-0.2, 0) is 13.1 Å². The quantitative estimate of drug-likeness (QED) is 0.868. The Morgan fingerprint density at radius 3 is 2.83 bits per heavy atom. The average molecular weight is 266 g/mol. The smallest absolute Gasteiger partial charge is 0.372 e. The van der Waals surface area contributed by atoms with E-state index in [0.29, 0.717) is 24.4 Å². The zero-order chi connectivity index (χ0) is 13.1. The van der Waals surface area contributed by atoms with Crippen LogP contribution in [0.5, 0.6) is 0 Å². The van der Waals surface area contributed by atoms with E-state index in [0.717, 1.165) is 9.88 Å². The van der Waals surface area contributed by atoms with Gasteiger partial charge in [0.05, 0.1) is 11.6 Å². The summed E-state index contributed by atoms with van der Waals surface area (Å²) in [5, 5.41) is 13.1. The molecular formula is C12H14N2O3S. The summed E-state index contributed by atoms with van der Waals surface area (Å²) >= 11 is 1.64. The summed E-state index contributed by atoms with van der Waals surface area (Å²) in [7, 11) is 0. The fraction of sp³-hybridized carbons (Fsp3) is 0.333. The van der Waals surface area contributed by atoms with Gasteiger partial charge in [-0.3, -0.25) is 0 Å². The molecule has 0 aliphatic rings. The number of carboxylic acid groups (broad SMARTS) is 1. The molecule has 0 amide bonds. The molecular weight excluding hydrogens is 252 g/mol. The first-order chi connectivity index (χ1) is 8.56. The molecule has 2 N–H and O–H groups in total. The minimum Gasteiger partial charge on any atom is -0.475 e. The molecule has 0 saturated carbocycles. The van der Waals surface area contributed by atoms with Crippen LogP contribution in [0.1, 0.15) is 31.8 Å². The van der Waals surface area contributed by atoms with Gasteiger partial charge in [-0.2, -0.15) is 0 Å². The fourth-order valence-electron chi connectivity index (χ4n) is 1.64. The number of aryl methyl sites for hydroxylation is 2. The van der Waals surface area contributed by atoms with Crippen LogP contribution < -0.4 is 5.32 Å². The zero-order valence-electron chi connectivity index (χ0n) is 10.2. The number of carboxylic acids is 1. The van der Waals surface area contributed by atoms with E-state index in [2.05, 4.69) is 10.3 Å². The van der Waals surface area contributed by atoms with Gasteiger partial charge in [-0.05, 0) is 19.9 Å². The van der Waals surface area contributed by atoms with E-state index in [1.807, 2.05) is 13.1 Å². The Labute approximate surface area is 108 Å². The van der Waals surface area contributed by atoms with Crippen LogP contribution >= 0.6 is 11.3 Å². The lowest BCUT2D eigenvalue weighted by atomic mass is 10.2. The van der Waals surface area contributed by atoms with Crippen molar-refractivity contribution in [1.29, 1.82) is 0 Å². The Morgan fingerprint density at radius 2 is 2.28 bits per heavy atom. The maximum absolute atomic E-state index is 10.8. The number of rotatable bonds is 5. The van der Waals surface area contributed by atoms with Gasteiger partial charge in [0.2, 0.25) is 5.76 Å². The van der Waals surface area contributed by atoms with E-state index in [1.54, 1.807) is 24.3 Å². The molecule has 2 rings (SSSR count). The van der Waals surface area contributed by atoms with Gasteiger partial charge in [0, 0.05) is 23.2 Å². The largest absolute Gasteiger partial charge is 0.475 e. The van der Waals surface area contributed by atoms with Crippen molar-refractivity contribution in [2.45, 2.75) is 26.9 Å². The highest BCUT2D eigenvalue weighted by molar-refractivity contribution is 7.11. The Kier molecular flexibility index (Phi) is 3.78. The standard InChI is InChI=1S/C12H14N2O3S/c1-7-3-9(17-11(7)12(15)16)4-13-5-10-6-14-8(2)18-10/h3,6,13H,4-5H2,1-2H3,(H,15,16). The van der Waals surface area contributed by atoms with E-state index in [1.165, 1.54) is 0 Å². The number of nitrogens with one attached hydrogen (secondary N) is 1. The topological polar surface area (TPSA) is 75.4 Å². The van der Waals surface area contributed by atoms with Crippen molar-refractivity contribution in [2.75, 3.05) is 0 Å². The van der Waals surface area contributed by atoms with E-state index in [4.69, 9.17) is 9.52 Å². The molecule has 0 spiro atoms. The molecule has 18 heavy (non-hydrogen) atoms. The minimum absolute atomic E-state index is 0.0143. The molecule has 6 heteroatoms. The van der Waals surface area contributed by atoms with Crippen molar-refractivity contribution in [3.05, 3.63) is 39.2 Å². The van der Waals surface area contributed by atoms with Crippen LogP contribution in [0.4, 0.5) is 0 Å². The van der Waals surface area contributed by atoms with E-state index in [9.17, 15) is 4.79 Å². The molecule has 0 radical (unpaired) electrons. The highest BCUT2D eigenvalue weighted by Gasteiger charge is 2.13. The van der Waals surface area contributed by atoms with Gasteiger partial charge in [0.25, 0.3) is 0 Å². The Bertz CT molecular complexity index is 559. The third-order valence-electron chi connectivity index (χ3n) is 2.43. The van der Waals surface area contributed by atoms with Gasteiger partial charge < -0.3 is 14.8 Å². The van der Waals surface area contributed by atoms with Gasteiger partial charge in [-0.25, -0.2) is 9.78 Å². The number of nitrogens with zero attached hydrogens (tertiary/aromatic N) is 1. The summed E-state index contributed by atoms with van der Waals surface area (Å²) < 4.78 is 5.24. The number of thiazole rings is 1. The van der Waals surface area contributed by atoms with Crippen LogP contribution in [-0.4, -0.2) is 16.1 Å². The van der Waals surface area contributed by atoms with Crippen molar-refractivity contribution in [1.82, 2.24) is 10.3 Å². The summed E-state index contributed by atoms with van der Waals surface area (Å²) in [4.78, 5) is 16.1. The zero-order valence-corrected chi connectivity index (χ0v) is 11.0. The van der Waals surface area contributed by atoms with Gasteiger partial charge in [0.15, 0.2) is 0 Å². The van der Waals surface area contributed by atoms with Crippen molar-refractivity contribution in [3.8, 4) is 0 Å². The molecule has 0 saturated heterocycles. The lowest BCUT2D eigenvalue weighted by Crippen LogP contribution is -2.11. The van der Waals surface area contributed by atoms with Gasteiger partial charge >= 0.3 is 5.97 Å². The van der Waals surface area contributed by atoms with Gasteiger partial charge in [-0.15, -0.1) is 11.3 Å². The van der Waals surface area contributed by atoms with E-state index in [-0.39, 0.29) is 5.76 Å². The molecule has 0 fully saturated rings. The number of carbonyl (C=O) groups is 1. The van der Waals surface area contributed by atoms with Crippen molar-refractivity contribution in [3.63, 3.8) is 0 Å². The number of furan rings is 1. The van der Waals surface area contributed by atoms with Gasteiger partial charge in [0.1, 0.15) is 5.76 Å². The Balaban J connectivity index is 1.90. The van der Waals surface area contributed by atoms with Crippen LogP contribution in [0, 0.1) is 13.8 Å². The monoisotopic (exact) mass is 266 g/mol. The molecule has 2 heterocycles. The normalized spacial score (nSPS) is 10.8. The predicted molar refractivity (Wildman–Crippen MR) is 67.8 cm³/mol. The van der Waals surface area contributed by atoms with Crippen LogP contribution in [0.3, 0.4) is 0 Å². The first-order valence-electron chi connectivity index (χ1n) is 5.51.